The first-order valence-corrected chi connectivity index (χ1v) is 4.90. The molecule has 0 atom stereocenters. The maximum Gasteiger partial charge on any atom is 0.224 e. The van der Waals surface area contributed by atoms with Gasteiger partial charge >= 0.3 is 0 Å². The molecule has 1 N–H and O–H groups in total. The smallest absolute Gasteiger partial charge is 0.224 e. The topological polar surface area (TPSA) is 52.9 Å². The summed E-state index contributed by atoms with van der Waals surface area (Å²) in [7, 11) is 0. The summed E-state index contributed by atoms with van der Waals surface area (Å²) < 4.78 is 0. The molecule has 0 unspecified atom stereocenters. The standard InChI is InChI=1S/C10H16N2O/c1-3-8(4-2)9(13)12-10(7-11)5-6-10/h8H,3-6H2,1-2H3,(H,12,13). The molecule has 3 heteroatoms. The molecule has 0 aromatic carbocycles. The van der Waals surface area contributed by atoms with Crippen molar-refractivity contribution >= 4 is 5.91 Å². The van der Waals surface area contributed by atoms with E-state index >= 15 is 0 Å². The highest BCUT2D eigenvalue weighted by molar-refractivity contribution is 5.80. The largest absolute Gasteiger partial charge is 0.338 e. The van der Waals surface area contributed by atoms with Crippen LogP contribution in [-0.2, 0) is 4.79 Å². The Morgan fingerprint density at radius 3 is 2.38 bits per heavy atom. The van der Waals surface area contributed by atoms with Crippen LogP contribution in [0, 0.1) is 17.2 Å². The van der Waals surface area contributed by atoms with Crippen LogP contribution in [0.4, 0.5) is 0 Å². The lowest BCUT2D eigenvalue weighted by molar-refractivity contribution is -0.125. The van der Waals surface area contributed by atoms with Gasteiger partial charge in [0.15, 0.2) is 0 Å². The molecule has 0 heterocycles. The van der Waals surface area contributed by atoms with E-state index in [4.69, 9.17) is 5.26 Å². The van der Waals surface area contributed by atoms with Crippen molar-refractivity contribution in [2.75, 3.05) is 0 Å². The molecule has 1 aliphatic carbocycles. The van der Waals surface area contributed by atoms with Gasteiger partial charge in [0.05, 0.1) is 6.07 Å². The van der Waals surface area contributed by atoms with Crippen LogP contribution in [0.5, 0.6) is 0 Å². The first kappa shape index (κ1) is 10.0. The van der Waals surface area contributed by atoms with Gasteiger partial charge in [-0.15, -0.1) is 0 Å². The molecule has 1 fully saturated rings. The zero-order valence-electron chi connectivity index (χ0n) is 8.26. The van der Waals surface area contributed by atoms with Crippen molar-refractivity contribution in [1.82, 2.24) is 5.32 Å². The second-order valence-corrected chi connectivity index (χ2v) is 3.70. The predicted octanol–water partition coefficient (Wildman–Crippen LogP) is 1.59. The number of nitrogens with one attached hydrogen (secondary N) is 1. The van der Waals surface area contributed by atoms with E-state index < -0.39 is 5.54 Å². The lowest BCUT2D eigenvalue weighted by atomic mass is 10.0. The number of hydrogen-bond donors (Lipinski definition) is 1. The summed E-state index contributed by atoms with van der Waals surface area (Å²) in [6.45, 7) is 4.00. The van der Waals surface area contributed by atoms with E-state index in [-0.39, 0.29) is 11.8 Å². The highest BCUT2D eigenvalue weighted by Gasteiger charge is 2.45. The minimum absolute atomic E-state index is 0.0454. The van der Waals surface area contributed by atoms with Crippen molar-refractivity contribution in [2.45, 2.75) is 45.1 Å². The van der Waals surface area contributed by atoms with Crippen LogP contribution in [0.15, 0.2) is 0 Å². The van der Waals surface area contributed by atoms with Crippen molar-refractivity contribution in [1.29, 1.82) is 5.26 Å². The predicted molar refractivity (Wildman–Crippen MR) is 49.8 cm³/mol. The quantitative estimate of drug-likeness (QED) is 0.714. The van der Waals surface area contributed by atoms with Crippen molar-refractivity contribution in [3.8, 4) is 6.07 Å². The summed E-state index contributed by atoms with van der Waals surface area (Å²) in [5, 5.41) is 11.6. The Hall–Kier alpha value is -1.04. The lowest BCUT2D eigenvalue weighted by Gasteiger charge is -2.15. The average molecular weight is 180 g/mol. The Morgan fingerprint density at radius 2 is 2.08 bits per heavy atom. The monoisotopic (exact) mass is 180 g/mol. The van der Waals surface area contributed by atoms with Crippen molar-refractivity contribution < 1.29 is 4.79 Å². The van der Waals surface area contributed by atoms with Gasteiger partial charge in [-0.3, -0.25) is 4.79 Å². The lowest BCUT2D eigenvalue weighted by Crippen LogP contribution is -2.39. The average Bonchev–Trinajstić information content (AvgIpc) is 2.88. The van der Waals surface area contributed by atoms with E-state index in [1.165, 1.54) is 0 Å². The van der Waals surface area contributed by atoms with E-state index in [0.717, 1.165) is 25.7 Å². The summed E-state index contributed by atoms with van der Waals surface area (Å²) in [6, 6.07) is 2.15. The number of carbonyl (C=O) groups is 1. The van der Waals surface area contributed by atoms with Crippen LogP contribution in [0.25, 0.3) is 0 Å². The Kier molecular flexibility index (Phi) is 2.92. The molecule has 0 aliphatic heterocycles. The zero-order chi connectivity index (χ0) is 9.90. The zero-order valence-corrected chi connectivity index (χ0v) is 8.26. The SMILES string of the molecule is CCC(CC)C(=O)NC1(C#N)CC1. The first-order chi connectivity index (χ1) is 6.17. The molecule has 72 valence electrons. The molecule has 0 saturated heterocycles. The molecule has 1 aliphatic rings. The Balaban J connectivity index is 2.45. The van der Waals surface area contributed by atoms with Gasteiger partial charge in [0.2, 0.25) is 5.91 Å². The summed E-state index contributed by atoms with van der Waals surface area (Å²) in [5.41, 5.74) is -0.500. The Bertz CT molecular complexity index is 234. The van der Waals surface area contributed by atoms with Gasteiger partial charge in [-0.2, -0.15) is 5.26 Å². The minimum Gasteiger partial charge on any atom is -0.338 e. The summed E-state index contributed by atoms with van der Waals surface area (Å²) >= 11 is 0. The number of rotatable bonds is 4. The highest BCUT2D eigenvalue weighted by atomic mass is 16.2. The fourth-order valence-corrected chi connectivity index (χ4v) is 1.39. The third-order valence-electron chi connectivity index (χ3n) is 2.68. The van der Waals surface area contributed by atoms with Crippen LogP contribution < -0.4 is 5.32 Å². The van der Waals surface area contributed by atoms with Crippen LogP contribution in [-0.4, -0.2) is 11.4 Å². The van der Waals surface area contributed by atoms with Gasteiger partial charge in [0.1, 0.15) is 5.54 Å². The molecule has 1 rings (SSSR count). The van der Waals surface area contributed by atoms with E-state index in [1.54, 1.807) is 0 Å². The summed E-state index contributed by atoms with van der Waals surface area (Å²) in [6.07, 6.45) is 3.33. The fraction of sp³-hybridized carbons (Fsp3) is 0.800. The maximum absolute atomic E-state index is 11.6. The molecule has 0 radical (unpaired) electrons. The summed E-state index contributed by atoms with van der Waals surface area (Å²) in [4.78, 5) is 11.6. The number of nitrogens with zero attached hydrogens (tertiary/aromatic N) is 1. The number of nitriles is 1. The van der Waals surface area contributed by atoms with Crippen LogP contribution in [0.1, 0.15) is 39.5 Å². The molecule has 0 bridgehead atoms. The van der Waals surface area contributed by atoms with E-state index in [0.29, 0.717) is 0 Å². The van der Waals surface area contributed by atoms with Crippen LogP contribution in [0.2, 0.25) is 0 Å². The third kappa shape index (κ3) is 2.21. The molecule has 3 nitrogen and oxygen atoms in total. The molecule has 13 heavy (non-hydrogen) atoms. The van der Waals surface area contributed by atoms with Gasteiger partial charge in [-0.1, -0.05) is 13.8 Å². The Morgan fingerprint density at radius 1 is 1.54 bits per heavy atom. The minimum atomic E-state index is -0.500. The van der Waals surface area contributed by atoms with Gasteiger partial charge in [0, 0.05) is 5.92 Å². The van der Waals surface area contributed by atoms with Gasteiger partial charge in [0.25, 0.3) is 0 Å². The summed E-state index contributed by atoms with van der Waals surface area (Å²) in [5.74, 6) is 0.120. The van der Waals surface area contributed by atoms with E-state index in [9.17, 15) is 4.79 Å². The number of hydrogen-bond acceptors (Lipinski definition) is 2. The molecular weight excluding hydrogens is 164 g/mol. The van der Waals surface area contributed by atoms with Gasteiger partial charge in [-0.05, 0) is 25.7 Å². The second kappa shape index (κ2) is 3.78. The van der Waals surface area contributed by atoms with E-state index in [1.807, 2.05) is 13.8 Å². The molecule has 0 spiro atoms. The van der Waals surface area contributed by atoms with Crippen molar-refractivity contribution in [2.24, 2.45) is 5.92 Å². The van der Waals surface area contributed by atoms with Crippen molar-refractivity contribution in [3.05, 3.63) is 0 Å². The van der Waals surface area contributed by atoms with Crippen LogP contribution >= 0.6 is 0 Å². The van der Waals surface area contributed by atoms with Crippen LogP contribution in [0.3, 0.4) is 0 Å². The number of amides is 1. The van der Waals surface area contributed by atoms with Gasteiger partial charge < -0.3 is 5.32 Å². The molecule has 1 saturated carbocycles. The fourth-order valence-electron chi connectivity index (χ4n) is 1.39. The van der Waals surface area contributed by atoms with E-state index in [2.05, 4.69) is 11.4 Å². The van der Waals surface area contributed by atoms with Crippen molar-refractivity contribution in [3.63, 3.8) is 0 Å². The Labute approximate surface area is 79.1 Å². The highest BCUT2D eigenvalue weighted by Crippen LogP contribution is 2.34. The third-order valence-corrected chi connectivity index (χ3v) is 2.68. The first-order valence-electron chi connectivity index (χ1n) is 4.90. The second-order valence-electron chi connectivity index (χ2n) is 3.70. The maximum atomic E-state index is 11.6. The molecular formula is C10H16N2O. The molecule has 0 aromatic heterocycles. The molecule has 0 aromatic rings. The number of carbonyl (C=O) groups excluding carboxylic acids is 1. The normalized spacial score (nSPS) is 18.0. The van der Waals surface area contributed by atoms with Gasteiger partial charge in [-0.25, -0.2) is 0 Å². The molecule has 1 amide bonds.